The molecule has 0 bridgehead atoms. The first kappa shape index (κ1) is 12.6. The molecule has 0 aliphatic rings. The van der Waals surface area contributed by atoms with E-state index in [2.05, 4.69) is 17.2 Å². The van der Waals surface area contributed by atoms with Crippen LogP contribution in [0.5, 0.6) is 0 Å². The standard InChI is InChI=1S/C10H8Cl2N2O2/c1-2-3-4-13-9-5-7(11)8(12)6-10(9)14(15)16/h5-6,13H,4H2,1H3. The summed E-state index contributed by atoms with van der Waals surface area (Å²) in [7, 11) is 0. The van der Waals surface area contributed by atoms with E-state index in [-0.39, 0.29) is 15.7 Å². The fraction of sp³-hybridized carbons (Fsp3) is 0.200. The summed E-state index contributed by atoms with van der Waals surface area (Å²) in [6.07, 6.45) is 0. The van der Waals surface area contributed by atoms with E-state index < -0.39 is 4.92 Å². The van der Waals surface area contributed by atoms with Crippen LogP contribution in [0.1, 0.15) is 6.92 Å². The Morgan fingerprint density at radius 1 is 1.44 bits per heavy atom. The molecule has 0 saturated heterocycles. The number of halogens is 2. The SMILES string of the molecule is CC#CCNc1cc(Cl)c(Cl)cc1[N+](=O)[O-]. The summed E-state index contributed by atoms with van der Waals surface area (Å²) in [5.41, 5.74) is 0.189. The van der Waals surface area contributed by atoms with Gasteiger partial charge in [-0.05, 0) is 13.0 Å². The van der Waals surface area contributed by atoms with E-state index in [9.17, 15) is 10.1 Å². The summed E-state index contributed by atoms with van der Waals surface area (Å²) in [5.74, 6) is 5.41. The normalized spacial score (nSPS) is 9.19. The fourth-order valence-corrected chi connectivity index (χ4v) is 1.38. The van der Waals surface area contributed by atoms with Crippen LogP contribution in [0.3, 0.4) is 0 Å². The lowest BCUT2D eigenvalue weighted by Crippen LogP contribution is -2.02. The van der Waals surface area contributed by atoms with Crippen LogP contribution >= 0.6 is 23.2 Å². The number of nitro benzene ring substituents is 1. The van der Waals surface area contributed by atoms with Gasteiger partial charge in [0.2, 0.25) is 0 Å². The van der Waals surface area contributed by atoms with E-state index in [0.29, 0.717) is 12.2 Å². The molecule has 1 rings (SSSR count). The predicted molar refractivity (Wildman–Crippen MR) is 65.1 cm³/mol. The van der Waals surface area contributed by atoms with E-state index >= 15 is 0 Å². The molecular formula is C10H8Cl2N2O2. The second-order valence-corrected chi connectivity index (χ2v) is 3.64. The van der Waals surface area contributed by atoms with Crippen molar-refractivity contribution in [3.63, 3.8) is 0 Å². The summed E-state index contributed by atoms with van der Waals surface area (Å²) in [5, 5.41) is 14.0. The largest absolute Gasteiger partial charge is 0.369 e. The molecule has 0 aliphatic carbocycles. The van der Waals surface area contributed by atoms with Gasteiger partial charge in [0.1, 0.15) is 5.69 Å². The Morgan fingerprint density at radius 3 is 2.62 bits per heavy atom. The smallest absolute Gasteiger partial charge is 0.293 e. The van der Waals surface area contributed by atoms with Crippen molar-refractivity contribution in [1.29, 1.82) is 0 Å². The molecule has 1 aromatic carbocycles. The van der Waals surface area contributed by atoms with E-state index in [1.807, 2.05) is 0 Å². The highest BCUT2D eigenvalue weighted by Gasteiger charge is 2.16. The molecule has 84 valence electrons. The molecule has 1 aromatic rings. The fourth-order valence-electron chi connectivity index (χ4n) is 1.06. The number of benzene rings is 1. The van der Waals surface area contributed by atoms with E-state index in [4.69, 9.17) is 23.2 Å². The van der Waals surface area contributed by atoms with E-state index in [0.717, 1.165) is 0 Å². The second-order valence-electron chi connectivity index (χ2n) is 2.82. The van der Waals surface area contributed by atoms with Gasteiger partial charge in [0.05, 0.1) is 21.5 Å². The van der Waals surface area contributed by atoms with Gasteiger partial charge in [-0.25, -0.2) is 0 Å². The Hall–Kier alpha value is -1.44. The Morgan fingerprint density at radius 2 is 2.06 bits per heavy atom. The van der Waals surface area contributed by atoms with Gasteiger partial charge in [-0.15, -0.1) is 5.92 Å². The summed E-state index contributed by atoms with van der Waals surface area (Å²) >= 11 is 11.5. The number of nitrogens with one attached hydrogen (secondary N) is 1. The number of hydrogen-bond acceptors (Lipinski definition) is 3. The minimum atomic E-state index is -0.524. The Kier molecular flexibility index (Phi) is 4.41. The van der Waals surface area contributed by atoms with Crippen molar-refractivity contribution in [2.75, 3.05) is 11.9 Å². The lowest BCUT2D eigenvalue weighted by molar-refractivity contribution is -0.383. The molecule has 0 amide bonds. The van der Waals surface area contributed by atoms with Crippen LogP contribution in [0.2, 0.25) is 10.0 Å². The minimum absolute atomic E-state index is 0.118. The molecule has 0 fully saturated rings. The average Bonchev–Trinajstić information content (AvgIpc) is 2.23. The van der Waals surface area contributed by atoms with Gasteiger partial charge in [0, 0.05) is 6.07 Å². The third kappa shape index (κ3) is 3.02. The number of hydrogen-bond donors (Lipinski definition) is 1. The molecule has 0 saturated carbocycles. The van der Waals surface area contributed by atoms with Gasteiger partial charge in [0.25, 0.3) is 5.69 Å². The van der Waals surface area contributed by atoms with Crippen LogP contribution in [0.4, 0.5) is 11.4 Å². The summed E-state index contributed by atoms with van der Waals surface area (Å²) in [6.45, 7) is 2.00. The predicted octanol–water partition coefficient (Wildman–Crippen LogP) is 3.34. The summed E-state index contributed by atoms with van der Waals surface area (Å²) in [4.78, 5) is 10.2. The Balaban J connectivity index is 3.07. The first-order valence-electron chi connectivity index (χ1n) is 4.33. The zero-order valence-corrected chi connectivity index (χ0v) is 9.89. The molecule has 4 nitrogen and oxygen atoms in total. The molecule has 0 spiro atoms. The van der Waals surface area contributed by atoms with Gasteiger partial charge in [0.15, 0.2) is 0 Å². The molecule has 1 N–H and O–H groups in total. The number of anilines is 1. The van der Waals surface area contributed by atoms with Gasteiger partial charge < -0.3 is 5.32 Å². The van der Waals surface area contributed by atoms with Gasteiger partial charge in [-0.3, -0.25) is 10.1 Å². The maximum absolute atomic E-state index is 10.7. The minimum Gasteiger partial charge on any atom is -0.369 e. The molecule has 0 atom stereocenters. The van der Waals surface area contributed by atoms with Crippen molar-refractivity contribution in [3.8, 4) is 11.8 Å². The van der Waals surface area contributed by atoms with Gasteiger partial charge in [-0.1, -0.05) is 29.1 Å². The van der Waals surface area contributed by atoms with Crippen molar-refractivity contribution in [3.05, 3.63) is 32.3 Å². The quantitative estimate of drug-likeness (QED) is 0.514. The molecule has 0 unspecified atom stereocenters. The zero-order chi connectivity index (χ0) is 12.1. The highest BCUT2D eigenvalue weighted by Crippen LogP contribution is 2.33. The molecular weight excluding hydrogens is 251 g/mol. The van der Waals surface area contributed by atoms with E-state index in [1.165, 1.54) is 12.1 Å². The molecule has 0 radical (unpaired) electrons. The summed E-state index contributed by atoms with van der Waals surface area (Å²) < 4.78 is 0. The van der Waals surface area contributed by atoms with Crippen molar-refractivity contribution in [2.24, 2.45) is 0 Å². The third-order valence-corrected chi connectivity index (χ3v) is 2.50. The first-order valence-corrected chi connectivity index (χ1v) is 5.08. The topological polar surface area (TPSA) is 55.2 Å². The molecule has 0 heterocycles. The number of rotatable bonds is 3. The Labute approximate surface area is 103 Å². The lowest BCUT2D eigenvalue weighted by atomic mass is 10.2. The first-order chi connectivity index (χ1) is 7.56. The summed E-state index contributed by atoms with van der Waals surface area (Å²) in [6, 6.07) is 2.63. The van der Waals surface area contributed by atoms with Crippen LogP contribution in [-0.4, -0.2) is 11.5 Å². The Bertz CT molecular complexity index is 478. The third-order valence-electron chi connectivity index (χ3n) is 1.78. The molecule has 16 heavy (non-hydrogen) atoms. The zero-order valence-electron chi connectivity index (χ0n) is 8.38. The van der Waals surface area contributed by atoms with Crippen LogP contribution < -0.4 is 5.32 Å². The maximum Gasteiger partial charge on any atom is 0.293 e. The van der Waals surface area contributed by atoms with Crippen LogP contribution in [0.25, 0.3) is 0 Å². The van der Waals surface area contributed by atoms with Crippen molar-refractivity contribution >= 4 is 34.6 Å². The van der Waals surface area contributed by atoms with Crippen LogP contribution in [-0.2, 0) is 0 Å². The maximum atomic E-state index is 10.7. The second kappa shape index (κ2) is 5.59. The van der Waals surface area contributed by atoms with Crippen LogP contribution in [0, 0.1) is 22.0 Å². The van der Waals surface area contributed by atoms with Crippen molar-refractivity contribution in [1.82, 2.24) is 0 Å². The van der Waals surface area contributed by atoms with Crippen molar-refractivity contribution in [2.45, 2.75) is 6.92 Å². The molecule has 0 aromatic heterocycles. The van der Waals surface area contributed by atoms with Gasteiger partial charge >= 0.3 is 0 Å². The number of nitrogens with zero attached hydrogens (tertiary/aromatic N) is 1. The highest BCUT2D eigenvalue weighted by molar-refractivity contribution is 6.42. The number of nitro groups is 1. The van der Waals surface area contributed by atoms with Crippen molar-refractivity contribution < 1.29 is 4.92 Å². The monoisotopic (exact) mass is 258 g/mol. The average molecular weight is 259 g/mol. The molecule has 6 heteroatoms. The van der Waals surface area contributed by atoms with Gasteiger partial charge in [-0.2, -0.15) is 0 Å². The lowest BCUT2D eigenvalue weighted by Gasteiger charge is -2.05. The van der Waals surface area contributed by atoms with Crippen LogP contribution in [0.15, 0.2) is 12.1 Å². The molecule has 0 aliphatic heterocycles. The van der Waals surface area contributed by atoms with E-state index in [1.54, 1.807) is 6.92 Å². The highest BCUT2D eigenvalue weighted by atomic mass is 35.5.